The smallest absolute Gasteiger partial charge is 0.246 e. The van der Waals surface area contributed by atoms with Gasteiger partial charge in [0.25, 0.3) is 0 Å². The summed E-state index contributed by atoms with van der Waals surface area (Å²) >= 11 is 0. The first-order chi connectivity index (χ1) is 14.4. The number of H-pyrrole nitrogens is 1. The zero-order chi connectivity index (χ0) is 20.9. The summed E-state index contributed by atoms with van der Waals surface area (Å²) in [6, 6.07) is 5.69. The van der Waals surface area contributed by atoms with Crippen molar-refractivity contribution in [3.63, 3.8) is 0 Å². The number of carbonyl (C=O) groups excluding carboxylic acids is 1. The number of hydrogen-bond donors (Lipinski definition) is 3. The summed E-state index contributed by atoms with van der Waals surface area (Å²) in [4.78, 5) is 19.7. The predicted octanol–water partition coefficient (Wildman–Crippen LogP) is 2.96. The van der Waals surface area contributed by atoms with Crippen LogP contribution in [0, 0.1) is 0 Å². The third-order valence-corrected chi connectivity index (χ3v) is 5.55. The van der Waals surface area contributed by atoms with Gasteiger partial charge >= 0.3 is 0 Å². The van der Waals surface area contributed by atoms with Gasteiger partial charge in [-0.15, -0.1) is 5.10 Å². The van der Waals surface area contributed by atoms with E-state index in [1.54, 1.807) is 4.52 Å². The van der Waals surface area contributed by atoms with Crippen LogP contribution in [0.4, 0.5) is 17.6 Å². The fraction of sp³-hybridized carbons (Fsp3) is 0.524. The molecule has 0 radical (unpaired) electrons. The number of carbonyl (C=O) groups is 1. The molecule has 158 valence electrons. The van der Waals surface area contributed by atoms with Gasteiger partial charge < -0.3 is 15.5 Å². The predicted molar refractivity (Wildman–Crippen MR) is 115 cm³/mol. The van der Waals surface area contributed by atoms with Crippen LogP contribution in [0.25, 0.3) is 5.52 Å². The molecule has 9 heteroatoms. The van der Waals surface area contributed by atoms with E-state index >= 15 is 0 Å². The van der Waals surface area contributed by atoms with Gasteiger partial charge in [0, 0.05) is 36.0 Å². The molecule has 3 aromatic heterocycles. The van der Waals surface area contributed by atoms with Crippen molar-refractivity contribution < 1.29 is 4.79 Å². The van der Waals surface area contributed by atoms with Crippen molar-refractivity contribution in [2.75, 3.05) is 16.8 Å². The Kier molecular flexibility index (Phi) is 4.41. The van der Waals surface area contributed by atoms with E-state index in [1.807, 2.05) is 50.1 Å². The van der Waals surface area contributed by atoms with Gasteiger partial charge in [-0.05, 0) is 58.6 Å². The molecule has 1 saturated heterocycles. The van der Waals surface area contributed by atoms with Crippen molar-refractivity contribution >= 4 is 29.0 Å². The Labute approximate surface area is 175 Å². The zero-order valence-electron chi connectivity index (χ0n) is 17.6. The molecule has 1 amide bonds. The summed E-state index contributed by atoms with van der Waals surface area (Å²) in [5, 5.41) is 18.6. The lowest BCUT2D eigenvalue weighted by atomic mass is 10.1. The van der Waals surface area contributed by atoms with Gasteiger partial charge in [0.05, 0.1) is 0 Å². The van der Waals surface area contributed by atoms with Crippen LogP contribution in [-0.2, 0) is 4.79 Å². The zero-order valence-corrected chi connectivity index (χ0v) is 17.6. The third-order valence-electron chi connectivity index (χ3n) is 5.55. The second kappa shape index (κ2) is 7.00. The summed E-state index contributed by atoms with van der Waals surface area (Å²) in [7, 11) is 0. The first kappa shape index (κ1) is 18.9. The Morgan fingerprint density at radius 2 is 2.10 bits per heavy atom. The molecule has 1 aliphatic heterocycles. The van der Waals surface area contributed by atoms with Gasteiger partial charge in [0.1, 0.15) is 11.6 Å². The van der Waals surface area contributed by atoms with Crippen LogP contribution in [0.3, 0.4) is 0 Å². The summed E-state index contributed by atoms with van der Waals surface area (Å²) in [5.41, 5.74) is 1.75. The fourth-order valence-corrected chi connectivity index (χ4v) is 3.99. The maximum atomic E-state index is 12.9. The number of rotatable bonds is 5. The molecule has 3 N–H and O–H groups in total. The van der Waals surface area contributed by atoms with Crippen molar-refractivity contribution in [1.29, 1.82) is 0 Å². The topological polar surface area (TPSA) is 103 Å². The molecule has 0 bridgehead atoms. The van der Waals surface area contributed by atoms with Crippen LogP contribution in [0.2, 0.25) is 0 Å². The van der Waals surface area contributed by atoms with Crippen molar-refractivity contribution in [3.8, 4) is 0 Å². The molecule has 1 aliphatic carbocycles. The Morgan fingerprint density at radius 3 is 2.87 bits per heavy atom. The summed E-state index contributed by atoms with van der Waals surface area (Å²) < 4.78 is 1.80. The van der Waals surface area contributed by atoms with Crippen LogP contribution >= 0.6 is 0 Å². The van der Waals surface area contributed by atoms with E-state index in [-0.39, 0.29) is 17.5 Å². The van der Waals surface area contributed by atoms with E-state index in [9.17, 15) is 4.79 Å². The maximum absolute atomic E-state index is 12.9. The highest BCUT2D eigenvalue weighted by atomic mass is 16.2. The minimum atomic E-state index is -0.275. The molecule has 1 atom stereocenters. The lowest BCUT2D eigenvalue weighted by Gasteiger charge is -2.28. The van der Waals surface area contributed by atoms with E-state index in [1.165, 1.54) is 12.8 Å². The highest BCUT2D eigenvalue weighted by molar-refractivity contribution is 5.86. The van der Waals surface area contributed by atoms with E-state index in [2.05, 4.69) is 25.9 Å². The first-order valence-electron chi connectivity index (χ1n) is 10.6. The Balaban J connectivity index is 1.45. The second-order valence-electron chi connectivity index (χ2n) is 9.30. The molecule has 1 saturated carbocycles. The van der Waals surface area contributed by atoms with E-state index in [4.69, 9.17) is 4.98 Å². The molecular weight excluding hydrogens is 380 g/mol. The third kappa shape index (κ3) is 3.71. The number of fused-ring (bicyclic) bond motifs is 1. The molecular formula is C21H28N8O. The van der Waals surface area contributed by atoms with Gasteiger partial charge in [0.15, 0.2) is 11.6 Å². The monoisotopic (exact) mass is 408 g/mol. The number of nitrogens with zero attached hydrogens (tertiary/aromatic N) is 5. The molecule has 2 aliphatic rings. The summed E-state index contributed by atoms with van der Waals surface area (Å²) in [5.74, 6) is 2.60. The molecule has 5 rings (SSSR count). The van der Waals surface area contributed by atoms with Gasteiger partial charge in [0.2, 0.25) is 11.9 Å². The van der Waals surface area contributed by atoms with Crippen LogP contribution < -0.4 is 15.5 Å². The molecule has 3 aromatic rings. The average Bonchev–Trinajstić information content (AvgIpc) is 3.10. The van der Waals surface area contributed by atoms with E-state index in [0.29, 0.717) is 17.7 Å². The maximum Gasteiger partial charge on any atom is 0.246 e. The number of amides is 1. The lowest BCUT2D eigenvalue weighted by molar-refractivity contribution is -0.123. The number of anilines is 3. The van der Waals surface area contributed by atoms with Crippen LogP contribution in [-0.4, -0.2) is 48.8 Å². The Morgan fingerprint density at radius 1 is 1.27 bits per heavy atom. The van der Waals surface area contributed by atoms with Crippen molar-refractivity contribution in [2.24, 2.45) is 0 Å². The number of aromatic amines is 1. The van der Waals surface area contributed by atoms with Crippen molar-refractivity contribution in [1.82, 2.24) is 30.1 Å². The normalized spacial score (nSPS) is 19.4. The minimum Gasteiger partial charge on any atom is -0.350 e. The quantitative estimate of drug-likeness (QED) is 0.600. The number of hydrogen-bond acceptors (Lipinski definition) is 6. The molecule has 30 heavy (non-hydrogen) atoms. The Bertz CT molecular complexity index is 1070. The average molecular weight is 409 g/mol. The van der Waals surface area contributed by atoms with E-state index < -0.39 is 0 Å². The highest BCUT2D eigenvalue weighted by Crippen LogP contribution is 2.39. The van der Waals surface area contributed by atoms with Crippen molar-refractivity contribution in [2.45, 2.75) is 64.0 Å². The van der Waals surface area contributed by atoms with Gasteiger partial charge in [-0.1, -0.05) is 0 Å². The summed E-state index contributed by atoms with van der Waals surface area (Å²) in [6.07, 6.45) is 6.06. The van der Waals surface area contributed by atoms with Gasteiger partial charge in [-0.2, -0.15) is 10.1 Å². The summed E-state index contributed by atoms with van der Waals surface area (Å²) in [6.45, 7) is 6.74. The molecule has 2 fully saturated rings. The fourth-order valence-electron chi connectivity index (χ4n) is 3.99. The number of nitrogens with one attached hydrogen (secondary N) is 3. The first-order valence-corrected chi connectivity index (χ1v) is 10.6. The molecule has 4 heterocycles. The largest absolute Gasteiger partial charge is 0.350 e. The molecule has 9 nitrogen and oxygen atoms in total. The van der Waals surface area contributed by atoms with Gasteiger partial charge in [-0.3, -0.25) is 9.89 Å². The molecule has 0 unspecified atom stereocenters. The highest BCUT2D eigenvalue weighted by Gasteiger charge is 2.34. The van der Waals surface area contributed by atoms with Gasteiger partial charge in [-0.25, -0.2) is 4.52 Å². The van der Waals surface area contributed by atoms with Crippen molar-refractivity contribution in [3.05, 3.63) is 30.1 Å². The lowest BCUT2D eigenvalue weighted by Crippen LogP contribution is -2.50. The molecule has 0 aromatic carbocycles. The van der Waals surface area contributed by atoms with Crippen LogP contribution in [0.1, 0.15) is 58.1 Å². The van der Waals surface area contributed by atoms with E-state index in [0.717, 1.165) is 36.4 Å². The standard InChI is InChI=1S/C21H28N8O/c1-21(2,3)24-19(30)16-7-4-10-28(16)20-23-18(15-6-5-11-29(15)27-20)22-17-12-14(25-26-17)13-8-9-13/h5-6,11-13,16H,4,7-10H2,1-3H3,(H,24,30)(H2,22,23,25,26,27)/t16-/m0/s1. The molecule has 0 spiro atoms. The second-order valence-corrected chi connectivity index (χ2v) is 9.30. The minimum absolute atomic E-state index is 0.0205. The number of aromatic nitrogens is 5. The Hall–Kier alpha value is -3.10. The van der Waals surface area contributed by atoms with Crippen LogP contribution in [0.5, 0.6) is 0 Å². The SMILES string of the molecule is CC(C)(C)NC(=O)[C@@H]1CCCN1c1nc(Nc2cc(C3CC3)[nH]n2)c2cccn2n1. The van der Waals surface area contributed by atoms with Crippen LogP contribution in [0.15, 0.2) is 24.4 Å².